The zero-order valence-electron chi connectivity index (χ0n) is 23.9. The van der Waals surface area contributed by atoms with Gasteiger partial charge in [-0.1, -0.05) is 43.5 Å². The third-order valence-electron chi connectivity index (χ3n) is 9.12. The van der Waals surface area contributed by atoms with Crippen molar-refractivity contribution in [2.24, 2.45) is 17.8 Å². The molecule has 1 aromatic rings. The summed E-state index contributed by atoms with van der Waals surface area (Å²) < 4.78 is 6.84. The lowest BCUT2D eigenvalue weighted by Crippen LogP contribution is -2.57. The molecule has 0 aliphatic carbocycles. The van der Waals surface area contributed by atoms with Crippen LogP contribution in [0.4, 0.5) is 5.69 Å². The number of hydrogen-bond acceptors (Lipinski definition) is 5. The number of rotatable bonds is 13. The first-order valence-corrected chi connectivity index (χ1v) is 14.6. The van der Waals surface area contributed by atoms with Crippen molar-refractivity contribution in [3.05, 3.63) is 54.6 Å². The van der Waals surface area contributed by atoms with E-state index in [1.165, 1.54) is 0 Å². The fraction of sp³-hybridized carbons (Fsp3) is 0.581. The average Bonchev–Trinajstić information content (AvgIpc) is 3.43. The molecular weight excluding hydrogens is 530 g/mol. The number of carbonyl (C=O) groups excluding carboxylic acids is 3. The van der Waals surface area contributed by atoms with Crippen molar-refractivity contribution < 1.29 is 24.2 Å². The minimum absolute atomic E-state index is 0.0363. The van der Waals surface area contributed by atoms with Crippen molar-refractivity contribution >= 4 is 35.0 Å². The van der Waals surface area contributed by atoms with Crippen LogP contribution in [0.2, 0.25) is 5.02 Å². The Labute approximate surface area is 242 Å². The number of aliphatic hydroxyl groups is 1. The molecule has 3 amide bonds. The molecule has 3 saturated heterocycles. The van der Waals surface area contributed by atoms with Gasteiger partial charge in [0.05, 0.1) is 17.4 Å². The Morgan fingerprint density at radius 2 is 1.77 bits per heavy atom. The summed E-state index contributed by atoms with van der Waals surface area (Å²) in [6.07, 6.45) is 6.85. The summed E-state index contributed by atoms with van der Waals surface area (Å²) in [6, 6.07) is 6.13. The standard InChI is InChI=1S/C31H42ClN3O5/c1-6-16-33(5)27(37)24-25-28(38)35(18-10-8-9-11-19-36)26(31(25)20-21(3)30(24,4)40-31)29(39)34(17-7-2)23-14-12-22(32)13-15-23/h6-7,12-15,21,24-26,36H,1-2,8-11,16-20H2,3-5H3/t21?,24-,25+,26?,30+,31?/m1/s1. The summed E-state index contributed by atoms with van der Waals surface area (Å²) in [5.41, 5.74) is -1.34. The molecule has 3 aliphatic rings. The Morgan fingerprint density at radius 3 is 2.40 bits per heavy atom. The van der Waals surface area contributed by atoms with Crippen molar-refractivity contribution in [1.82, 2.24) is 9.80 Å². The van der Waals surface area contributed by atoms with E-state index in [0.717, 1.165) is 12.8 Å². The Balaban J connectivity index is 1.77. The highest BCUT2D eigenvalue weighted by Gasteiger charge is 2.80. The second-order valence-electron chi connectivity index (χ2n) is 11.6. The number of hydrogen-bond donors (Lipinski definition) is 1. The van der Waals surface area contributed by atoms with E-state index in [-0.39, 0.29) is 36.8 Å². The van der Waals surface area contributed by atoms with Crippen LogP contribution in [0.15, 0.2) is 49.6 Å². The number of aliphatic hydroxyl groups excluding tert-OH is 1. The van der Waals surface area contributed by atoms with E-state index in [9.17, 15) is 19.5 Å². The molecule has 2 bridgehead atoms. The monoisotopic (exact) mass is 571 g/mol. The van der Waals surface area contributed by atoms with Gasteiger partial charge in [-0.2, -0.15) is 0 Å². The van der Waals surface area contributed by atoms with E-state index in [4.69, 9.17) is 16.3 Å². The molecule has 3 heterocycles. The third-order valence-corrected chi connectivity index (χ3v) is 9.37. The van der Waals surface area contributed by atoms with Gasteiger partial charge in [-0.05, 0) is 56.4 Å². The SMILES string of the molecule is C=CCN(C)C(=O)[C@H]1[C@H]2C(=O)N(CCCCCCO)C(C(=O)N(CC=C)c3ccc(Cl)cc3)C23CC(C)[C@]1(C)O3. The highest BCUT2D eigenvalue weighted by Crippen LogP contribution is 2.65. The normalized spacial score (nSPS) is 30.3. The fourth-order valence-electron chi connectivity index (χ4n) is 7.12. The van der Waals surface area contributed by atoms with Crippen LogP contribution in [0.1, 0.15) is 46.0 Å². The number of nitrogens with zero attached hydrogens (tertiary/aromatic N) is 3. The molecule has 1 spiro atoms. The summed E-state index contributed by atoms with van der Waals surface area (Å²) in [5.74, 6) is -2.10. The minimum Gasteiger partial charge on any atom is -0.396 e. The van der Waals surface area contributed by atoms with Gasteiger partial charge in [0.1, 0.15) is 11.6 Å². The largest absolute Gasteiger partial charge is 0.396 e. The highest BCUT2D eigenvalue weighted by atomic mass is 35.5. The Hall–Kier alpha value is -2.68. The van der Waals surface area contributed by atoms with E-state index in [2.05, 4.69) is 13.2 Å². The first kappa shape index (κ1) is 30.3. The Morgan fingerprint density at radius 1 is 1.12 bits per heavy atom. The minimum atomic E-state index is -1.12. The van der Waals surface area contributed by atoms with Crippen LogP contribution in [0, 0.1) is 17.8 Å². The van der Waals surface area contributed by atoms with Crippen molar-refractivity contribution in [2.45, 2.75) is 63.2 Å². The van der Waals surface area contributed by atoms with Gasteiger partial charge < -0.3 is 24.5 Å². The summed E-state index contributed by atoms with van der Waals surface area (Å²) in [6.45, 7) is 12.7. The van der Waals surface area contributed by atoms with Crippen molar-refractivity contribution in [2.75, 3.05) is 38.2 Å². The maximum atomic E-state index is 14.6. The summed E-state index contributed by atoms with van der Waals surface area (Å²) in [5, 5.41) is 9.73. The summed E-state index contributed by atoms with van der Waals surface area (Å²) >= 11 is 6.13. The number of ether oxygens (including phenoxy) is 1. The molecular formula is C31H42ClN3O5. The number of benzene rings is 1. The van der Waals surface area contributed by atoms with Crippen molar-refractivity contribution in [1.29, 1.82) is 0 Å². The second kappa shape index (κ2) is 12.0. The van der Waals surface area contributed by atoms with Crippen LogP contribution < -0.4 is 4.90 Å². The van der Waals surface area contributed by atoms with Gasteiger partial charge in [-0.3, -0.25) is 14.4 Å². The first-order chi connectivity index (χ1) is 19.1. The zero-order chi connectivity index (χ0) is 29.2. The van der Waals surface area contributed by atoms with Crippen LogP contribution in [0.5, 0.6) is 0 Å². The first-order valence-electron chi connectivity index (χ1n) is 14.2. The van der Waals surface area contributed by atoms with E-state index in [1.54, 1.807) is 58.2 Å². The molecule has 8 nitrogen and oxygen atoms in total. The van der Waals surface area contributed by atoms with E-state index < -0.39 is 29.1 Å². The topological polar surface area (TPSA) is 90.4 Å². The number of carbonyl (C=O) groups is 3. The molecule has 0 aromatic heterocycles. The van der Waals surface area contributed by atoms with Crippen LogP contribution >= 0.6 is 11.6 Å². The van der Waals surface area contributed by atoms with E-state index in [1.807, 2.05) is 13.8 Å². The molecule has 9 heteroatoms. The number of unbranched alkanes of at least 4 members (excludes halogenated alkanes) is 3. The van der Waals surface area contributed by atoms with Crippen LogP contribution in [0.3, 0.4) is 0 Å². The number of fused-ring (bicyclic) bond motifs is 1. The van der Waals surface area contributed by atoms with Gasteiger partial charge in [-0.15, -0.1) is 13.2 Å². The third kappa shape index (κ3) is 4.99. The lowest BCUT2D eigenvalue weighted by atomic mass is 9.62. The van der Waals surface area contributed by atoms with E-state index in [0.29, 0.717) is 43.1 Å². The van der Waals surface area contributed by atoms with Crippen LogP contribution in [-0.4, -0.2) is 83.2 Å². The van der Waals surface area contributed by atoms with Gasteiger partial charge in [0, 0.05) is 44.0 Å². The lowest BCUT2D eigenvalue weighted by Gasteiger charge is -2.38. The molecule has 6 atom stereocenters. The molecule has 3 fully saturated rings. The Kier molecular flexibility index (Phi) is 9.12. The van der Waals surface area contributed by atoms with Crippen molar-refractivity contribution in [3.8, 4) is 0 Å². The van der Waals surface area contributed by atoms with Crippen molar-refractivity contribution in [3.63, 3.8) is 0 Å². The van der Waals surface area contributed by atoms with E-state index >= 15 is 0 Å². The number of anilines is 1. The molecule has 4 rings (SSSR count). The number of amides is 3. The maximum Gasteiger partial charge on any atom is 0.253 e. The summed E-state index contributed by atoms with van der Waals surface area (Å²) in [7, 11) is 1.71. The van der Waals surface area contributed by atoms with Gasteiger partial charge in [0.25, 0.3) is 5.91 Å². The van der Waals surface area contributed by atoms with Crippen LogP contribution in [0.25, 0.3) is 0 Å². The highest BCUT2D eigenvalue weighted by molar-refractivity contribution is 6.30. The van der Waals surface area contributed by atoms with Crippen LogP contribution in [-0.2, 0) is 19.1 Å². The molecule has 218 valence electrons. The Bertz CT molecular complexity index is 1140. The van der Waals surface area contributed by atoms with Gasteiger partial charge in [0.15, 0.2) is 0 Å². The number of halogens is 1. The smallest absolute Gasteiger partial charge is 0.253 e. The number of likely N-dealkylation sites (tertiary alicyclic amines) is 1. The fourth-order valence-corrected chi connectivity index (χ4v) is 7.25. The second-order valence-corrected chi connectivity index (χ2v) is 12.0. The molecule has 40 heavy (non-hydrogen) atoms. The maximum absolute atomic E-state index is 14.6. The predicted molar refractivity (Wildman–Crippen MR) is 156 cm³/mol. The van der Waals surface area contributed by atoms with Gasteiger partial charge in [-0.25, -0.2) is 0 Å². The molecule has 0 radical (unpaired) electrons. The average molecular weight is 572 g/mol. The zero-order valence-corrected chi connectivity index (χ0v) is 24.6. The quantitative estimate of drug-likeness (QED) is 0.285. The summed E-state index contributed by atoms with van der Waals surface area (Å²) in [4.78, 5) is 47.6. The molecule has 0 saturated carbocycles. The molecule has 3 unspecified atom stereocenters. The number of likely N-dealkylation sites (N-methyl/N-ethyl adjacent to an activating group) is 1. The predicted octanol–water partition coefficient (Wildman–Crippen LogP) is 4.07. The molecule has 1 N–H and O–H groups in total. The van der Waals surface area contributed by atoms with Gasteiger partial charge >= 0.3 is 0 Å². The molecule has 1 aromatic carbocycles. The molecule has 3 aliphatic heterocycles. The van der Waals surface area contributed by atoms with Gasteiger partial charge in [0.2, 0.25) is 11.8 Å². The lowest BCUT2D eigenvalue weighted by molar-refractivity contribution is -0.150.